The summed E-state index contributed by atoms with van der Waals surface area (Å²) >= 11 is 0. The lowest BCUT2D eigenvalue weighted by atomic mass is 9.88. The van der Waals surface area contributed by atoms with E-state index in [4.69, 9.17) is 4.74 Å². The van der Waals surface area contributed by atoms with Gasteiger partial charge < -0.3 is 9.64 Å². The van der Waals surface area contributed by atoms with Gasteiger partial charge in [0.1, 0.15) is 11.6 Å². The Morgan fingerprint density at radius 2 is 1.74 bits per heavy atom. The summed E-state index contributed by atoms with van der Waals surface area (Å²) in [6, 6.07) is 18.8. The summed E-state index contributed by atoms with van der Waals surface area (Å²) in [5.74, 6) is 0.453. The predicted molar refractivity (Wildman–Crippen MR) is 143 cm³/mol. The molecule has 4 rings (SSSR count). The maximum Gasteiger partial charge on any atom is 0.416 e. The second-order valence-corrected chi connectivity index (χ2v) is 10.6. The molecule has 3 aromatic rings. The van der Waals surface area contributed by atoms with Gasteiger partial charge in [-0.1, -0.05) is 44.2 Å². The summed E-state index contributed by atoms with van der Waals surface area (Å²) in [6.07, 6.45) is -4.40. The van der Waals surface area contributed by atoms with E-state index in [1.807, 2.05) is 43.0 Å². The molecule has 1 saturated heterocycles. The molecule has 0 spiro atoms. The topological polar surface area (TPSA) is 32.8 Å². The van der Waals surface area contributed by atoms with Crippen LogP contribution in [-0.4, -0.2) is 49.0 Å². The molecule has 4 nitrogen and oxygen atoms in total. The van der Waals surface area contributed by atoms with E-state index < -0.39 is 17.6 Å². The number of hydrogen-bond acceptors (Lipinski definition) is 3. The molecule has 1 fully saturated rings. The number of ether oxygens (including phenoxy) is 1. The monoisotopic (exact) mass is 542 g/mol. The molecule has 0 unspecified atom stereocenters. The Morgan fingerprint density at radius 1 is 1.03 bits per heavy atom. The smallest absolute Gasteiger partial charge is 0.416 e. The summed E-state index contributed by atoms with van der Waals surface area (Å²) in [5.41, 5.74) is 1.42. The third kappa shape index (κ3) is 7.38. The van der Waals surface area contributed by atoms with Gasteiger partial charge in [0, 0.05) is 44.2 Å². The minimum absolute atomic E-state index is 0.0334. The van der Waals surface area contributed by atoms with Gasteiger partial charge in [-0.15, -0.1) is 0 Å². The Balaban J connectivity index is 1.61. The summed E-state index contributed by atoms with van der Waals surface area (Å²) in [7, 11) is 1.61. The summed E-state index contributed by atoms with van der Waals surface area (Å²) in [4.78, 5) is 17.5. The standard InChI is InChI=1S/C31H34F4N2O2/c1-21(2)16-37(30(38)23-10-12-27(32)13-11-23)19-25-18-36(17-22-6-4-8-26(14-22)31(33,34)35)20-29(25)24-7-5-9-28(15-24)39-3/h4-15,21,25,29H,16-20H2,1-3H3/t25-,29-/m0/s1. The number of likely N-dealkylation sites (tertiary alicyclic amines) is 1. The molecule has 39 heavy (non-hydrogen) atoms. The van der Waals surface area contributed by atoms with E-state index in [9.17, 15) is 22.4 Å². The van der Waals surface area contributed by atoms with Crippen LogP contribution in [0.4, 0.5) is 17.6 Å². The van der Waals surface area contributed by atoms with Crippen molar-refractivity contribution in [2.75, 3.05) is 33.3 Å². The molecule has 1 amide bonds. The molecular weight excluding hydrogens is 508 g/mol. The molecule has 0 aromatic heterocycles. The molecule has 3 aromatic carbocycles. The lowest BCUT2D eigenvalue weighted by Gasteiger charge is -2.30. The number of carbonyl (C=O) groups excluding carboxylic acids is 1. The van der Waals surface area contributed by atoms with Gasteiger partial charge >= 0.3 is 6.18 Å². The Kier molecular flexibility index (Phi) is 8.95. The number of carbonyl (C=O) groups is 1. The molecule has 8 heteroatoms. The zero-order valence-electron chi connectivity index (χ0n) is 22.4. The molecule has 0 N–H and O–H groups in total. The van der Waals surface area contributed by atoms with Crippen molar-refractivity contribution in [1.82, 2.24) is 9.80 Å². The first-order chi connectivity index (χ1) is 18.5. The van der Waals surface area contributed by atoms with E-state index in [0.29, 0.717) is 43.9 Å². The summed E-state index contributed by atoms with van der Waals surface area (Å²) < 4.78 is 58.8. The number of rotatable bonds is 9. The number of hydrogen-bond donors (Lipinski definition) is 0. The van der Waals surface area contributed by atoms with Gasteiger partial charge in [0.25, 0.3) is 5.91 Å². The van der Waals surface area contributed by atoms with Crippen molar-refractivity contribution in [3.05, 3.63) is 101 Å². The number of methoxy groups -OCH3 is 1. The highest BCUT2D eigenvalue weighted by Crippen LogP contribution is 2.36. The normalized spacial score (nSPS) is 17.9. The van der Waals surface area contributed by atoms with Crippen LogP contribution in [0.1, 0.15) is 46.8 Å². The van der Waals surface area contributed by atoms with Crippen molar-refractivity contribution in [2.24, 2.45) is 11.8 Å². The van der Waals surface area contributed by atoms with E-state index in [2.05, 4.69) is 4.90 Å². The van der Waals surface area contributed by atoms with Gasteiger partial charge in [-0.05, 0) is 65.4 Å². The SMILES string of the molecule is COc1cccc([C@@H]2CN(Cc3cccc(C(F)(F)F)c3)C[C@H]2CN(CC(C)C)C(=O)c2ccc(F)cc2)c1. The highest BCUT2D eigenvalue weighted by molar-refractivity contribution is 5.94. The zero-order valence-corrected chi connectivity index (χ0v) is 22.4. The number of alkyl halides is 3. The van der Waals surface area contributed by atoms with Crippen molar-refractivity contribution in [3.8, 4) is 5.75 Å². The van der Waals surface area contributed by atoms with E-state index in [1.165, 1.54) is 36.4 Å². The minimum Gasteiger partial charge on any atom is -0.497 e. The number of nitrogens with zero attached hydrogens (tertiary/aromatic N) is 2. The molecule has 2 atom stereocenters. The average molecular weight is 543 g/mol. The van der Waals surface area contributed by atoms with Gasteiger partial charge in [-0.25, -0.2) is 4.39 Å². The number of amides is 1. The first-order valence-electron chi connectivity index (χ1n) is 13.1. The van der Waals surface area contributed by atoms with Gasteiger partial charge in [-0.2, -0.15) is 13.2 Å². The molecule has 0 saturated carbocycles. The Hall–Kier alpha value is -3.39. The Labute approximate surface area is 227 Å². The third-order valence-corrected chi connectivity index (χ3v) is 7.12. The predicted octanol–water partition coefficient (Wildman–Crippen LogP) is 6.87. The zero-order chi connectivity index (χ0) is 28.2. The maximum atomic E-state index is 13.5. The minimum atomic E-state index is -4.40. The molecule has 1 aliphatic rings. The number of halogens is 4. The summed E-state index contributed by atoms with van der Waals surface area (Å²) in [6.45, 7) is 6.70. The van der Waals surface area contributed by atoms with E-state index in [0.717, 1.165) is 17.4 Å². The van der Waals surface area contributed by atoms with Crippen LogP contribution in [0.5, 0.6) is 5.75 Å². The van der Waals surface area contributed by atoms with Crippen LogP contribution in [0.25, 0.3) is 0 Å². The maximum absolute atomic E-state index is 13.5. The van der Waals surface area contributed by atoms with Crippen LogP contribution < -0.4 is 4.74 Å². The van der Waals surface area contributed by atoms with Crippen molar-refractivity contribution < 1.29 is 27.1 Å². The second kappa shape index (κ2) is 12.2. The first-order valence-corrected chi connectivity index (χ1v) is 13.1. The van der Waals surface area contributed by atoms with Crippen LogP contribution in [0.2, 0.25) is 0 Å². The quantitative estimate of drug-likeness (QED) is 0.277. The van der Waals surface area contributed by atoms with Crippen LogP contribution >= 0.6 is 0 Å². The van der Waals surface area contributed by atoms with Crippen molar-refractivity contribution in [3.63, 3.8) is 0 Å². The van der Waals surface area contributed by atoms with Gasteiger partial charge in [-0.3, -0.25) is 9.69 Å². The van der Waals surface area contributed by atoms with Crippen LogP contribution in [0.15, 0.2) is 72.8 Å². The highest BCUT2D eigenvalue weighted by Gasteiger charge is 2.37. The van der Waals surface area contributed by atoms with E-state index in [1.54, 1.807) is 13.2 Å². The van der Waals surface area contributed by atoms with Crippen molar-refractivity contribution in [1.29, 1.82) is 0 Å². The van der Waals surface area contributed by atoms with E-state index >= 15 is 0 Å². The van der Waals surface area contributed by atoms with Crippen LogP contribution in [0, 0.1) is 17.7 Å². The second-order valence-electron chi connectivity index (χ2n) is 10.6. The van der Waals surface area contributed by atoms with Gasteiger partial charge in [0.05, 0.1) is 12.7 Å². The van der Waals surface area contributed by atoms with Crippen LogP contribution in [-0.2, 0) is 12.7 Å². The summed E-state index contributed by atoms with van der Waals surface area (Å²) in [5, 5.41) is 0. The fourth-order valence-electron chi connectivity index (χ4n) is 5.37. The molecule has 0 radical (unpaired) electrons. The Morgan fingerprint density at radius 3 is 2.41 bits per heavy atom. The van der Waals surface area contributed by atoms with E-state index in [-0.39, 0.29) is 23.7 Å². The molecule has 0 aliphatic carbocycles. The van der Waals surface area contributed by atoms with Crippen LogP contribution in [0.3, 0.4) is 0 Å². The van der Waals surface area contributed by atoms with Gasteiger partial charge in [0.2, 0.25) is 0 Å². The molecule has 1 heterocycles. The highest BCUT2D eigenvalue weighted by atomic mass is 19.4. The molecular formula is C31H34F4N2O2. The number of benzene rings is 3. The third-order valence-electron chi connectivity index (χ3n) is 7.12. The fraction of sp³-hybridized carbons (Fsp3) is 0.387. The largest absolute Gasteiger partial charge is 0.497 e. The fourth-order valence-corrected chi connectivity index (χ4v) is 5.37. The lowest BCUT2D eigenvalue weighted by Crippen LogP contribution is -2.39. The van der Waals surface area contributed by atoms with Crippen molar-refractivity contribution in [2.45, 2.75) is 32.5 Å². The first kappa shape index (κ1) is 28.6. The van der Waals surface area contributed by atoms with Gasteiger partial charge in [0.15, 0.2) is 0 Å². The molecule has 1 aliphatic heterocycles. The lowest BCUT2D eigenvalue weighted by molar-refractivity contribution is -0.137. The molecule has 208 valence electrons. The Bertz CT molecular complexity index is 1260. The van der Waals surface area contributed by atoms with Crippen molar-refractivity contribution >= 4 is 5.91 Å². The average Bonchev–Trinajstić information content (AvgIpc) is 3.29. The molecule has 0 bridgehead atoms.